The van der Waals surface area contributed by atoms with Crippen molar-refractivity contribution >= 4 is 17.6 Å². The number of thioether (sulfide) groups is 1. The summed E-state index contributed by atoms with van der Waals surface area (Å²) in [5, 5.41) is 3.93. The molecule has 0 saturated heterocycles. The second-order valence-electron chi connectivity index (χ2n) is 4.37. The van der Waals surface area contributed by atoms with Crippen LogP contribution in [0.15, 0.2) is 22.7 Å². The molecule has 2 aromatic rings. The van der Waals surface area contributed by atoms with Crippen molar-refractivity contribution in [2.75, 3.05) is 11.5 Å². The number of aromatic nitrogens is 3. The number of pyridine rings is 1. The quantitative estimate of drug-likeness (QED) is 0.894. The predicted molar refractivity (Wildman–Crippen MR) is 72.9 cm³/mol. The molecule has 0 spiro atoms. The topological polar surface area (TPSA) is 77.8 Å². The van der Waals surface area contributed by atoms with E-state index in [0.717, 1.165) is 11.5 Å². The monoisotopic (exact) mass is 264 g/mol. The van der Waals surface area contributed by atoms with Gasteiger partial charge in [0.1, 0.15) is 11.5 Å². The van der Waals surface area contributed by atoms with Gasteiger partial charge in [-0.25, -0.2) is 4.98 Å². The first-order valence-corrected chi connectivity index (χ1v) is 6.94. The van der Waals surface area contributed by atoms with E-state index < -0.39 is 0 Å². The lowest BCUT2D eigenvalue weighted by Gasteiger charge is -2.00. The van der Waals surface area contributed by atoms with Gasteiger partial charge >= 0.3 is 0 Å². The fraction of sp³-hybridized carbons (Fsp3) is 0.417. The lowest BCUT2D eigenvalue weighted by atomic mass is 10.3. The van der Waals surface area contributed by atoms with E-state index in [9.17, 15) is 0 Å². The number of anilines is 1. The molecule has 96 valence electrons. The van der Waals surface area contributed by atoms with E-state index in [2.05, 4.69) is 29.0 Å². The Morgan fingerprint density at radius 3 is 2.89 bits per heavy atom. The van der Waals surface area contributed by atoms with E-state index in [1.54, 1.807) is 23.9 Å². The molecular weight excluding hydrogens is 248 g/mol. The van der Waals surface area contributed by atoms with Crippen LogP contribution in [-0.4, -0.2) is 20.9 Å². The van der Waals surface area contributed by atoms with Gasteiger partial charge in [0.25, 0.3) is 5.89 Å². The molecule has 5 nitrogen and oxygen atoms in total. The summed E-state index contributed by atoms with van der Waals surface area (Å²) in [5.41, 5.74) is 6.22. The Balaban J connectivity index is 2.02. The van der Waals surface area contributed by atoms with E-state index in [-0.39, 0.29) is 0 Å². The Morgan fingerprint density at radius 1 is 1.33 bits per heavy atom. The summed E-state index contributed by atoms with van der Waals surface area (Å²) in [6.07, 6.45) is 0. The van der Waals surface area contributed by atoms with Gasteiger partial charge in [-0.15, -0.1) is 0 Å². The van der Waals surface area contributed by atoms with Gasteiger partial charge in [0, 0.05) is 0 Å². The average molecular weight is 264 g/mol. The summed E-state index contributed by atoms with van der Waals surface area (Å²) < 4.78 is 5.17. The standard InChI is InChI=1S/C12H16N4OS/c1-8(2)6-18-7-11-15-12(17-16-11)9-4-3-5-10(13)14-9/h3-5,8H,6-7H2,1-2H3,(H2,13,14). The van der Waals surface area contributed by atoms with E-state index in [1.807, 2.05) is 6.07 Å². The number of rotatable bonds is 5. The summed E-state index contributed by atoms with van der Waals surface area (Å²) in [4.78, 5) is 8.44. The Bertz CT molecular complexity index is 512. The number of nitrogens with two attached hydrogens (primary N) is 1. The molecule has 0 bridgehead atoms. The van der Waals surface area contributed by atoms with Gasteiger partial charge in [-0.3, -0.25) is 0 Å². The van der Waals surface area contributed by atoms with Crippen LogP contribution in [-0.2, 0) is 5.75 Å². The van der Waals surface area contributed by atoms with Crippen molar-refractivity contribution in [2.45, 2.75) is 19.6 Å². The van der Waals surface area contributed by atoms with Crippen molar-refractivity contribution in [3.05, 3.63) is 24.0 Å². The Morgan fingerprint density at radius 2 is 2.17 bits per heavy atom. The highest BCUT2D eigenvalue weighted by atomic mass is 32.2. The number of hydrogen-bond donors (Lipinski definition) is 1. The van der Waals surface area contributed by atoms with Gasteiger partial charge in [-0.2, -0.15) is 16.7 Å². The van der Waals surface area contributed by atoms with Crippen molar-refractivity contribution < 1.29 is 4.52 Å². The van der Waals surface area contributed by atoms with Crippen LogP contribution < -0.4 is 5.73 Å². The molecule has 18 heavy (non-hydrogen) atoms. The molecule has 2 aromatic heterocycles. The van der Waals surface area contributed by atoms with Crippen LogP contribution in [0.2, 0.25) is 0 Å². The third kappa shape index (κ3) is 3.46. The highest BCUT2D eigenvalue weighted by molar-refractivity contribution is 7.98. The SMILES string of the molecule is CC(C)CSCc1noc(-c2cccc(N)n2)n1. The molecule has 0 atom stereocenters. The highest BCUT2D eigenvalue weighted by Gasteiger charge is 2.10. The van der Waals surface area contributed by atoms with Crippen molar-refractivity contribution in [3.63, 3.8) is 0 Å². The van der Waals surface area contributed by atoms with Crippen LogP contribution in [0.3, 0.4) is 0 Å². The van der Waals surface area contributed by atoms with E-state index in [0.29, 0.717) is 29.1 Å². The molecule has 0 fully saturated rings. The van der Waals surface area contributed by atoms with Crippen molar-refractivity contribution in [1.82, 2.24) is 15.1 Å². The lowest BCUT2D eigenvalue weighted by Crippen LogP contribution is -1.93. The smallest absolute Gasteiger partial charge is 0.276 e. The first-order valence-electron chi connectivity index (χ1n) is 5.78. The zero-order valence-corrected chi connectivity index (χ0v) is 11.3. The van der Waals surface area contributed by atoms with Crippen molar-refractivity contribution in [1.29, 1.82) is 0 Å². The molecule has 0 saturated carbocycles. The zero-order chi connectivity index (χ0) is 13.0. The van der Waals surface area contributed by atoms with E-state index in [1.165, 1.54) is 0 Å². The third-order valence-corrected chi connectivity index (χ3v) is 3.50. The first kappa shape index (κ1) is 12.9. The van der Waals surface area contributed by atoms with Gasteiger partial charge < -0.3 is 10.3 Å². The normalized spacial score (nSPS) is 11.1. The second-order valence-corrected chi connectivity index (χ2v) is 5.40. The maximum absolute atomic E-state index is 5.61. The Hall–Kier alpha value is -1.56. The molecule has 2 heterocycles. The summed E-state index contributed by atoms with van der Waals surface area (Å²) in [6.45, 7) is 4.37. The van der Waals surface area contributed by atoms with Crippen LogP contribution in [0.5, 0.6) is 0 Å². The molecule has 0 radical (unpaired) electrons. The molecule has 2 N–H and O–H groups in total. The second kappa shape index (κ2) is 5.86. The molecule has 0 unspecified atom stereocenters. The summed E-state index contributed by atoms with van der Waals surface area (Å²) >= 11 is 1.80. The summed E-state index contributed by atoms with van der Waals surface area (Å²) in [7, 11) is 0. The minimum atomic E-state index is 0.419. The number of hydrogen-bond acceptors (Lipinski definition) is 6. The van der Waals surface area contributed by atoms with E-state index >= 15 is 0 Å². The van der Waals surface area contributed by atoms with Gasteiger partial charge in [-0.05, 0) is 23.8 Å². The molecular formula is C12H16N4OS. The fourth-order valence-corrected chi connectivity index (χ4v) is 2.26. The predicted octanol–water partition coefficient (Wildman–Crippen LogP) is 2.60. The third-order valence-electron chi connectivity index (χ3n) is 2.14. The maximum atomic E-state index is 5.61. The fourth-order valence-electron chi connectivity index (χ4n) is 1.37. The van der Waals surface area contributed by atoms with Gasteiger partial charge in [-0.1, -0.05) is 25.1 Å². The number of nitrogen functional groups attached to an aromatic ring is 1. The summed E-state index contributed by atoms with van der Waals surface area (Å²) in [5.74, 6) is 4.06. The molecule has 2 rings (SSSR count). The molecule has 6 heteroatoms. The Kier molecular flexibility index (Phi) is 4.19. The van der Waals surface area contributed by atoms with Crippen LogP contribution in [0.1, 0.15) is 19.7 Å². The Labute approximate surface area is 110 Å². The highest BCUT2D eigenvalue weighted by Crippen LogP contribution is 2.18. The molecule has 0 aliphatic heterocycles. The van der Waals surface area contributed by atoms with Crippen LogP contribution in [0, 0.1) is 5.92 Å². The number of nitrogens with zero attached hydrogens (tertiary/aromatic N) is 3. The molecule has 0 aromatic carbocycles. The van der Waals surface area contributed by atoms with Gasteiger partial charge in [0.15, 0.2) is 5.82 Å². The lowest BCUT2D eigenvalue weighted by molar-refractivity contribution is 0.424. The minimum Gasteiger partial charge on any atom is -0.384 e. The maximum Gasteiger partial charge on any atom is 0.276 e. The van der Waals surface area contributed by atoms with Crippen molar-refractivity contribution in [2.24, 2.45) is 5.92 Å². The van der Waals surface area contributed by atoms with Crippen LogP contribution >= 0.6 is 11.8 Å². The zero-order valence-electron chi connectivity index (χ0n) is 10.5. The van der Waals surface area contributed by atoms with Crippen molar-refractivity contribution in [3.8, 4) is 11.6 Å². The average Bonchev–Trinajstić information content (AvgIpc) is 2.77. The van der Waals surface area contributed by atoms with Gasteiger partial charge in [0.2, 0.25) is 0 Å². The van der Waals surface area contributed by atoms with Gasteiger partial charge in [0.05, 0.1) is 5.75 Å². The molecule has 0 aliphatic rings. The van der Waals surface area contributed by atoms with Crippen LogP contribution in [0.4, 0.5) is 5.82 Å². The first-order chi connectivity index (χ1) is 8.65. The van der Waals surface area contributed by atoms with E-state index in [4.69, 9.17) is 10.3 Å². The molecule has 0 aliphatic carbocycles. The molecule has 0 amide bonds. The minimum absolute atomic E-state index is 0.419. The van der Waals surface area contributed by atoms with Crippen LogP contribution in [0.25, 0.3) is 11.6 Å². The summed E-state index contributed by atoms with van der Waals surface area (Å²) in [6, 6.07) is 5.34. The largest absolute Gasteiger partial charge is 0.384 e.